The van der Waals surface area contributed by atoms with Crippen LogP contribution in [0.4, 0.5) is 25.4 Å². The summed E-state index contributed by atoms with van der Waals surface area (Å²) in [5, 5.41) is 5.16. The third-order valence-corrected chi connectivity index (χ3v) is 6.35. The van der Waals surface area contributed by atoms with E-state index in [1.807, 2.05) is 4.90 Å². The zero-order valence-corrected chi connectivity index (χ0v) is 21.1. The van der Waals surface area contributed by atoms with Crippen LogP contribution in [0.15, 0.2) is 42.7 Å². The Bertz CT molecular complexity index is 1190. The Balaban J connectivity index is 1.30. The van der Waals surface area contributed by atoms with Gasteiger partial charge in [0, 0.05) is 38.6 Å². The number of aromatic nitrogens is 1. The minimum atomic E-state index is -0.725. The second kappa shape index (κ2) is 11.8. The number of carbonyl (C=O) groups is 4. The minimum absolute atomic E-state index is 0.0736. The van der Waals surface area contributed by atoms with Crippen molar-refractivity contribution >= 4 is 35.4 Å². The Morgan fingerprint density at radius 2 is 1.97 bits per heavy atom. The molecule has 2 fully saturated rings. The molecule has 2 N–H and O–H groups in total. The van der Waals surface area contributed by atoms with Crippen molar-refractivity contribution in [3.05, 3.63) is 54.1 Å². The summed E-state index contributed by atoms with van der Waals surface area (Å²) in [5.41, 5.74) is 1.06. The van der Waals surface area contributed by atoms with Crippen LogP contribution in [0.5, 0.6) is 0 Å². The molecule has 0 saturated carbocycles. The molecule has 202 valence electrons. The highest BCUT2D eigenvalue weighted by molar-refractivity contribution is 5.97. The topological polar surface area (TPSA) is 133 Å². The minimum Gasteiger partial charge on any atom is -0.453 e. The molecule has 2 atom stereocenters. The number of rotatable bonds is 7. The predicted octanol–water partition coefficient (Wildman–Crippen LogP) is 1.37. The van der Waals surface area contributed by atoms with Crippen molar-refractivity contribution in [2.45, 2.75) is 19.1 Å². The van der Waals surface area contributed by atoms with Crippen LogP contribution in [-0.2, 0) is 14.3 Å². The van der Waals surface area contributed by atoms with Crippen molar-refractivity contribution in [1.29, 1.82) is 0 Å². The van der Waals surface area contributed by atoms with Gasteiger partial charge in [-0.3, -0.25) is 19.5 Å². The Kier molecular flexibility index (Phi) is 8.24. The van der Waals surface area contributed by atoms with Gasteiger partial charge in [-0.2, -0.15) is 0 Å². The first kappa shape index (κ1) is 26.6. The number of piperazine rings is 1. The third kappa shape index (κ3) is 6.10. The number of hydrogen-bond acceptors (Lipinski definition) is 8. The number of halogens is 1. The van der Waals surface area contributed by atoms with E-state index in [0.29, 0.717) is 43.1 Å². The molecule has 3 heterocycles. The van der Waals surface area contributed by atoms with Crippen LogP contribution in [-0.4, -0.2) is 92.4 Å². The van der Waals surface area contributed by atoms with E-state index in [-0.39, 0.29) is 24.9 Å². The average Bonchev–Trinajstić information content (AvgIpc) is 3.32. The number of pyridine rings is 1. The number of carbonyl (C=O) groups excluding carboxylic acids is 4. The van der Waals surface area contributed by atoms with Gasteiger partial charge in [0.15, 0.2) is 0 Å². The van der Waals surface area contributed by atoms with Crippen LogP contribution in [0.25, 0.3) is 0 Å². The number of nitrogens with one attached hydrogen (secondary N) is 2. The summed E-state index contributed by atoms with van der Waals surface area (Å²) in [6, 6.07) is 7.02. The molecule has 1 aromatic heterocycles. The molecule has 1 aromatic carbocycles. The number of alkyl carbamates (subject to hydrolysis) is 1. The molecule has 13 heteroatoms. The van der Waals surface area contributed by atoms with Crippen molar-refractivity contribution in [3.63, 3.8) is 0 Å². The maximum Gasteiger partial charge on any atom is 0.414 e. The average molecular weight is 529 g/mol. The van der Waals surface area contributed by atoms with Crippen molar-refractivity contribution in [3.8, 4) is 0 Å². The second-order valence-corrected chi connectivity index (χ2v) is 8.87. The van der Waals surface area contributed by atoms with Gasteiger partial charge >= 0.3 is 12.2 Å². The van der Waals surface area contributed by atoms with Gasteiger partial charge in [0.25, 0.3) is 5.91 Å². The van der Waals surface area contributed by atoms with Crippen LogP contribution < -0.4 is 20.4 Å². The number of anilines is 2. The molecule has 2 aromatic rings. The maximum atomic E-state index is 15.1. The lowest BCUT2D eigenvalue weighted by molar-refractivity contribution is -0.133. The molecule has 4 rings (SSSR count). The molecule has 4 amide bonds. The Hall–Kier alpha value is -4.42. The highest BCUT2D eigenvalue weighted by Crippen LogP contribution is 2.28. The van der Waals surface area contributed by atoms with Crippen molar-refractivity contribution in [1.82, 2.24) is 20.5 Å². The van der Waals surface area contributed by atoms with Crippen LogP contribution in [0.2, 0.25) is 0 Å². The Labute approximate surface area is 218 Å². The second-order valence-electron chi connectivity index (χ2n) is 8.87. The first-order valence-electron chi connectivity index (χ1n) is 12.1. The van der Waals surface area contributed by atoms with Crippen LogP contribution in [0, 0.1) is 5.82 Å². The number of nitrogens with zero attached hydrogens (tertiary/aromatic N) is 4. The summed E-state index contributed by atoms with van der Waals surface area (Å²) in [4.78, 5) is 57.3. The summed E-state index contributed by atoms with van der Waals surface area (Å²) < 4.78 is 24.8. The summed E-state index contributed by atoms with van der Waals surface area (Å²) in [7, 11) is 1.23. The Morgan fingerprint density at radius 1 is 1.21 bits per heavy atom. The zero-order valence-electron chi connectivity index (χ0n) is 21.1. The SMILES string of the molecule is COC(=O)NCC1CN(c2ccc(N3CCN(C(=O)C(C)NC(=O)c4cccnc4)CC3)c(F)c2)C(=O)O1. The van der Waals surface area contributed by atoms with Crippen molar-refractivity contribution in [2.75, 3.05) is 56.2 Å². The molecule has 2 aliphatic rings. The van der Waals surface area contributed by atoms with Gasteiger partial charge in [0.2, 0.25) is 5.91 Å². The van der Waals surface area contributed by atoms with E-state index in [0.717, 1.165) is 0 Å². The van der Waals surface area contributed by atoms with Crippen molar-refractivity contribution in [2.24, 2.45) is 0 Å². The highest BCUT2D eigenvalue weighted by atomic mass is 19.1. The molecule has 2 unspecified atom stereocenters. The standard InChI is InChI=1S/C25H29FN6O6/c1-16(29-22(33)17-4-3-7-27-13-17)23(34)31-10-8-30(9-11-31)21-6-5-18(12-20(21)26)32-15-19(38-25(32)36)14-28-24(35)37-2/h3-7,12-13,16,19H,8-11,14-15H2,1-2H3,(H,28,35)(H,29,33). The molecule has 12 nitrogen and oxygen atoms in total. The molecule has 0 radical (unpaired) electrons. The van der Waals surface area contributed by atoms with E-state index >= 15 is 4.39 Å². The first-order valence-corrected chi connectivity index (χ1v) is 12.1. The van der Waals surface area contributed by atoms with Crippen LogP contribution >= 0.6 is 0 Å². The molecular weight excluding hydrogens is 499 g/mol. The molecule has 2 saturated heterocycles. The zero-order chi connectivity index (χ0) is 27.2. The number of ether oxygens (including phenoxy) is 2. The first-order chi connectivity index (χ1) is 18.3. The number of amides is 4. The van der Waals surface area contributed by atoms with Gasteiger partial charge in [0.1, 0.15) is 18.0 Å². The fraction of sp³-hybridized carbons (Fsp3) is 0.400. The van der Waals surface area contributed by atoms with Gasteiger partial charge in [0.05, 0.1) is 37.1 Å². The summed E-state index contributed by atoms with van der Waals surface area (Å²) in [6.07, 6.45) is 1.13. The largest absolute Gasteiger partial charge is 0.453 e. The number of methoxy groups -OCH3 is 1. The summed E-state index contributed by atoms with van der Waals surface area (Å²) >= 11 is 0. The maximum absolute atomic E-state index is 15.1. The highest BCUT2D eigenvalue weighted by Gasteiger charge is 2.33. The van der Waals surface area contributed by atoms with Gasteiger partial charge in [-0.1, -0.05) is 0 Å². The molecule has 0 spiro atoms. The smallest absolute Gasteiger partial charge is 0.414 e. The number of hydrogen-bond donors (Lipinski definition) is 2. The van der Waals surface area contributed by atoms with Crippen molar-refractivity contribution < 1.29 is 33.0 Å². The van der Waals surface area contributed by atoms with Gasteiger partial charge in [-0.05, 0) is 37.3 Å². The van der Waals surface area contributed by atoms with Gasteiger partial charge < -0.3 is 29.9 Å². The fourth-order valence-electron chi connectivity index (χ4n) is 4.31. The molecule has 0 aliphatic carbocycles. The molecular formula is C25H29FN6O6. The monoisotopic (exact) mass is 528 g/mol. The van der Waals surface area contributed by atoms with Crippen LogP contribution in [0.3, 0.4) is 0 Å². The van der Waals surface area contributed by atoms with E-state index in [2.05, 4.69) is 20.4 Å². The normalized spacial score (nSPS) is 18.0. The van der Waals surface area contributed by atoms with Crippen LogP contribution in [0.1, 0.15) is 17.3 Å². The Morgan fingerprint density at radius 3 is 2.63 bits per heavy atom. The molecule has 38 heavy (non-hydrogen) atoms. The number of benzene rings is 1. The lowest BCUT2D eigenvalue weighted by atomic mass is 10.2. The lowest BCUT2D eigenvalue weighted by Crippen LogP contribution is -2.54. The van der Waals surface area contributed by atoms with E-state index in [1.165, 1.54) is 24.3 Å². The van der Waals surface area contributed by atoms with E-state index < -0.39 is 30.1 Å². The number of cyclic esters (lactones) is 1. The van der Waals surface area contributed by atoms with Gasteiger partial charge in [-0.15, -0.1) is 0 Å². The van der Waals surface area contributed by atoms with E-state index in [1.54, 1.807) is 42.3 Å². The summed E-state index contributed by atoms with van der Waals surface area (Å²) in [5.74, 6) is -1.11. The van der Waals surface area contributed by atoms with E-state index in [9.17, 15) is 19.2 Å². The summed E-state index contributed by atoms with van der Waals surface area (Å²) in [6.45, 7) is 3.38. The predicted molar refractivity (Wildman–Crippen MR) is 134 cm³/mol. The third-order valence-electron chi connectivity index (χ3n) is 6.35. The van der Waals surface area contributed by atoms with Gasteiger partial charge in [-0.25, -0.2) is 14.0 Å². The van der Waals surface area contributed by atoms with E-state index in [4.69, 9.17) is 4.74 Å². The molecule has 2 aliphatic heterocycles. The molecule has 0 bridgehead atoms. The lowest BCUT2D eigenvalue weighted by Gasteiger charge is -2.37. The quantitative estimate of drug-likeness (QED) is 0.551. The fourth-order valence-corrected chi connectivity index (χ4v) is 4.31.